The van der Waals surface area contributed by atoms with Gasteiger partial charge >= 0.3 is 0 Å². The molecule has 2 rings (SSSR count). The normalized spacial score (nSPS) is 14.9. The van der Waals surface area contributed by atoms with E-state index in [9.17, 15) is 9.59 Å². The van der Waals surface area contributed by atoms with Crippen LogP contribution in [0.15, 0.2) is 6.07 Å². The van der Waals surface area contributed by atoms with E-state index in [0.29, 0.717) is 32.2 Å². The first-order valence-electron chi connectivity index (χ1n) is 6.73. The highest BCUT2D eigenvalue weighted by Crippen LogP contribution is 2.13. The molecule has 0 aromatic carbocycles. The number of carbonyl (C=O) groups is 2. The number of hydrogen-bond donors (Lipinski definition) is 0. The molecule has 1 saturated heterocycles. The largest absolute Gasteiger partial charge is 0.468 e. The van der Waals surface area contributed by atoms with Crippen molar-refractivity contribution in [3.8, 4) is 5.88 Å². The first-order chi connectivity index (χ1) is 9.99. The number of hydrogen-bond acceptors (Lipinski definition) is 5. The van der Waals surface area contributed by atoms with Crippen molar-refractivity contribution >= 4 is 11.8 Å². The van der Waals surface area contributed by atoms with Gasteiger partial charge in [0.15, 0.2) is 12.3 Å². The van der Waals surface area contributed by atoms with Gasteiger partial charge in [-0.2, -0.15) is 5.10 Å². The molecule has 1 fully saturated rings. The summed E-state index contributed by atoms with van der Waals surface area (Å²) in [5, 5.41) is 4.08. The zero-order valence-electron chi connectivity index (χ0n) is 12.5. The highest BCUT2D eigenvalue weighted by Gasteiger charge is 2.19. The quantitative estimate of drug-likeness (QED) is 0.738. The van der Waals surface area contributed by atoms with Gasteiger partial charge in [0.25, 0.3) is 11.8 Å². The molecule has 0 N–H and O–H groups in total. The highest BCUT2D eigenvalue weighted by atomic mass is 16.5. The van der Waals surface area contributed by atoms with Gasteiger partial charge in [-0.05, 0) is 0 Å². The third-order valence-electron chi connectivity index (χ3n) is 3.17. The summed E-state index contributed by atoms with van der Waals surface area (Å²) in [6, 6.07) is 1.54. The van der Waals surface area contributed by atoms with Crippen LogP contribution < -0.4 is 4.74 Å². The van der Waals surface area contributed by atoms with E-state index in [1.165, 1.54) is 15.6 Å². The molecule has 0 spiro atoms. The molecule has 8 heteroatoms. The van der Waals surface area contributed by atoms with E-state index < -0.39 is 0 Å². The molecule has 0 saturated carbocycles. The van der Waals surface area contributed by atoms with Gasteiger partial charge in [-0.15, -0.1) is 0 Å². The Morgan fingerprint density at radius 1 is 1.38 bits per heavy atom. The number of nitrogens with zero attached hydrogens (tertiary/aromatic N) is 4. The Bertz CT molecular complexity index is 520. The maximum atomic E-state index is 12.0. The van der Waals surface area contributed by atoms with Crippen LogP contribution in [0.25, 0.3) is 0 Å². The molecule has 0 atom stereocenters. The van der Waals surface area contributed by atoms with E-state index in [2.05, 4.69) is 5.10 Å². The van der Waals surface area contributed by atoms with Gasteiger partial charge < -0.3 is 19.3 Å². The molecule has 0 bridgehead atoms. The second-order valence-electron chi connectivity index (χ2n) is 4.97. The van der Waals surface area contributed by atoms with Crippen LogP contribution in [0.3, 0.4) is 0 Å². The monoisotopic (exact) mass is 296 g/mol. The fraction of sp³-hybridized carbons (Fsp3) is 0.615. The average molecular weight is 296 g/mol. The fourth-order valence-electron chi connectivity index (χ4n) is 1.96. The number of carbonyl (C=O) groups excluding carboxylic acids is 2. The molecule has 1 aliphatic rings. The molecule has 1 aliphatic heterocycles. The zero-order chi connectivity index (χ0) is 15.4. The molecule has 2 heterocycles. The first-order valence-corrected chi connectivity index (χ1v) is 6.73. The van der Waals surface area contributed by atoms with Crippen LogP contribution in [-0.4, -0.2) is 78.4 Å². The van der Waals surface area contributed by atoms with E-state index in [-0.39, 0.29) is 24.1 Å². The molecule has 2 amide bonds. The number of aromatic nitrogens is 2. The van der Waals surface area contributed by atoms with Crippen LogP contribution in [0.4, 0.5) is 0 Å². The van der Waals surface area contributed by atoms with Crippen LogP contribution in [0.2, 0.25) is 0 Å². The van der Waals surface area contributed by atoms with E-state index in [4.69, 9.17) is 9.47 Å². The summed E-state index contributed by atoms with van der Waals surface area (Å²) in [5.41, 5.74) is 0.288. The highest BCUT2D eigenvalue weighted by molar-refractivity contribution is 5.92. The van der Waals surface area contributed by atoms with Crippen LogP contribution >= 0.6 is 0 Å². The van der Waals surface area contributed by atoms with Crippen molar-refractivity contribution < 1.29 is 19.1 Å². The first kappa shape index (κ1) is 15.3. The molecule has 0 aliphatic carbocycles. The predicted molar refractivity (Wildman–Crippen MR) is 74.1 cm³/mol. The molecule has 0 radical (unpaired) electrons. The molecule has 1 aromatic rings. The van der Waals surface area contributed by atoms with Gasteiger partial charge in [-0.1, -0.05) is 0 Å². The van der Waals surface area contributed by atoms with Gasteiger partial charge in [-0.25, -0.2) is 4.68 Å². The van der Waals surface area contributed by atoms with Crippen molar-refractivity contribution in [3.63, 3.8) is 0 Å². The lowest BCUT2D eigenvalue weighted by atomic mass is 10.4. The zero-order valence-corrected chi connectivity index (χ0v) is 12.5. The van der Waals surface area contributed by atoms with Crippen LogP contribution in [0.1, 0.15) is 10.5 Å². The fourth-order valence-corrected chi connectivity index (χ4v) is 1.96. The Labute approximate surface area is 123 Å². The van der Waals surface area contributed by atoms with Gasteiger partial charge in [0, 0.05) is 40.3 Å². The van der Waals surface area contributed by atoms with Crippen molar-refractivity contribution in [2.24, 2.45) is 7.05 Å². The van der Waals surface area contributed by atoms with E-state index in [1.807, 2.05) is 0 Å². The van der Waals surface area contributed by atoms with Gasteiger partial charge in [0.05, 0.1) is 13.2 Å². The minimum absolute atomic E-state index is 0.0743. The Hall–Kier alpha value is -2.09. The summed E-state index contributed by atoms with van der Waals surface area (Å²) < 4.78 is 12.1. The summed E-state index contributed by atoms with van der Waals surface area (Å²) in [6.45, 7) is 2.20. The predicted octanol–water partition coefficient (Wildman–Crippen LogP) is -0.640. The standard InChI is InChI=1S/C13H20N4O4/c1-15(2)13(19)10-8-12(16(3)14-10)21-9-11(18)17-4-6-20-7-5-17/h8H,4-7,9H2,1-3H3. The lowest BCUT2D eigenvalue weighted by molar-refractivity contribution is -0.137. The molecular formula is C13H20N4O4. The van der Waals surface area contributed by atoms with E-state index in [0.717, 1.165) is 0 Å². The second kappa shape index (κ2) is 6.57. The lowest BCUT2D eigenvalue weighted by Gasteiger charge is -2.26. The van der Waals surface area contributed by atoms with Crippen molar-refractivity contribution in [3.05, 3.63) is 11.8 Å². The summed E-state index contributed by atoms with van der Waals surface area (Å²) >= 11 is 0. The summed E-state index contributed by atoms with van der Waals surface area (Å²) in [6.07, 6.45) is 0. The molecule has 8 nitrogen and oxygen atoms in total. The molecular weight excluding hydrogens is 276 g/mol. The van der Waals surface area contributed by atoms with E-state index >= 15 is 0 Å². The van der Waals surface area contributed by atoms with Crippen molar-refractivity contribution in [1.29, 1.82) is 0 Å². The van der Waals surface area contributed by atoms with Crippen LogP contribution in [0, 0.1) is 0 Å². The maximum absolute atomic E-state index is 12.0. The Morgan fingerprint density at radius 3 is 2.67 bits per heavy atom. The minimum atomic E-state index is -0.208. The SMILES string of the molecule is CN(C)C(=O)c1cc(OCC(=O)N2CCOCC2)n(C)n1. The molecule has 0 unspecified atom stereocenters. The smallest absolute Gasteiger partial charge is 0.273 e. The van der Waals surface area contributed by atoms with Gasteiger partial charge in [0.1, 0.15) is 0 Å². The number of ether oxygens (including phenoxy) is 2. The van der Waals surface area contributed by atoms with Crippen molar-refractivity contribution in [2.75, 3.05) is 47.0 Å². The van der Waals surface area contributed by atoms with Crippen molar-refractivity contribution in [1.82, 2.24) is 19.6 Å². The summed E-state index contributed by atoms with van der Waals surface area (Å²) in [5.74, 6) is 0.0850. The molecule has 21 heavy (non-hydrogen) atoms. The van der Waals surface area contributed by atoms with Crippen LogP contribution in [-0.2, 0) is 16.6 Å². The molecule has 1 aromatic heterocycles. The second-order valence-corrected chi connectivity index (χ2v) is 4.97. The minimum Gasteiger partial charge on any atom is -0.468 e. The summed E-state index contributed by atoms with van der Waals surface area (Å²) in [4.78, 5) is 26.9. The number of rotatable bonds is 4. The molecule has 116 valence electrons. The number of aryl methyl sites for hydroxylation is 1. The van der Waals surface area contributed by atoms with E-state index in [1.54, 1.807) is 26.0 Å². The van der Waals surface area contributed by atoms with Crippen molar-refractivity contribution in [2.45, 2.75) is 0 Å². The lowest BCUT2D eigenvalue weighted by Crippen LogP contribution is -2.43. The third-order valence-corrected chi connectivity index (χ3v) is 3.17. The van der Waals surface area contributed by atoms with Crippen LogP contribution in [0.5, 0.6) is 5.88 Å². The Balaban J connectivity index is 1.93. The van der Waals surface area contributed by atoms with Gasteiger partial charge in [0.2, 0.25) is 5.88 Å². The number of amides is 2. The average Bonchev–Trinajstić information content (AvgIpc) is 2.85. The Kier molecular flexibility index (Phi) is 4.79. The Morgan fingerprint density at radius 2 is 2.05 bits per heavy atom. The van der Waals surface area contributed by atoms with Gasteiger partial charge in [-0.3, -0.25) is 9.59 Å². The summed E-state index contributed by atoms with van der Waals surface area (Å²) in [7, 11) is 4.97. The number of morpholine rings is 1. The maximum Gasteiger partial charge on any atom is 0.273 e. The topological polar surface area (TPSA) is 76.9 Å². The third kappa shape index (κ3) is 3.72.